The maximum absolute atomic E-state index is 13.8. The van der Waals surface area contributed by atoms with E-state index in [-0.39, 0.29) is 24.7 Å². The van der Waals surface area contributed by atoms with E-state index in [1.165, 1.54) is 9.58 Å². The van der Waals surface area contributed by atoms with Gasteiger partial charge in [-0.3, -0.25) is 4.79 Å². The Morgan fingerprint density at radius 3 is 2.62 bits per heavy atom. The first-order valence-corrected chi connectivity index (χ1v) is 10.9. The third kappa shape index (κ3) is 3.98. The number of aromatic nitrogens is 2. The van der Waals surface area contributed by atoms with Crippen LogP contribution >= 0.6 is 0 Å². The number of hydrogen-bond donors (Lipinski definition) is 0. The van der Waals surface area contributed by atoms with Gasteiger partial charge in [0.05, 0.1) is 5.69 Å². The number of anilines is 1. The first-order valence-electron chi connectivity index (χ1n) is 10.9. The zero-order valence-corrected chi connectivity index (χ0v) is 18.7. The van der Waals surface area contributed by atoms with Gasteiger partial charge in [0, 0.05) is 55.1 Å². The minimum atomic E-state index is -4.55. The summed E-state index contributed by atoms with van der Waals surface area (Å²) >= 11 is 0. The molecule has 0 unspecified atom stereocenters. The molecule has 0 saturated heterocycles. The Morgan fingerprint density at radius 1 is 1.06 bits per heavy atom. The van der Waals surface area contributed by atoms with Gasteiger partial charge in [0.2, 0.25) is 6.79 Å². The topological polar surface area (TPSA) is 59.8 Å². The fourth-order valence-electron chi connectivity index (χ4n) is 4.33. The SMILES string of the molecule is CN1CCc2c(C(F)(F)F)nn(-c3cccc(C(=O)N(C)c4ccc5c(c4)OCO5)c3)c2CC1. The Morgan fingerprint density at radius 2 is 1.82 bits per heavy atom. The van der Waals surface area contributed by atoms with Crippen molar-refractivity contribution in [3.63, 3.8) is 0 Å². The molecule has 0 saturated carbocycles. The van der Waals surface area contributed by atoms with Gasteiger partial charge in [0.1, 0.15) is 0 Å². The Bertz CT molecular complexity index is 1250. The summed E-state index contributed by atoms with van der Waals surface area (Å²) in [5.41, 5.74) is 1.26. The van der Waals surface area contributed by atoms with Crippen LogP contribution in [0.25, 0.3) is 5.69 Å². The van der Waals surface area contributed by atoms with Crippen molar-refractivity contribution in [1.29, 1.82) is 0 Å². The normalized spacial score (nSPS) is 15.7. The second-order valence-corrected chi connectivity index (χ2v) is 8.44. The third-order valence-electron chi connectivity index (χ3n) is 6.22. The van der Waals surface area contributed by atoms with E-state index in [0.29, 0.717) is 53.6 Å². The molecule has 10 heteroatoms. The fourth-order valence-corrected chi connectivity index (χ4v) is 4.33. The van der Waals surface area contributed by atoms with Crippen LogP contribution in [0.4, 0.5) is 18.9 Å². The molecule has 178 valence electrons. The van der Waals surface area contributed by atoms with Gasteiger partial charge in [-0.25, -0.2) is 4.68 Å². The standard InChI is InChI=1S/C24H23F3N4O3/c1-29-10-8-18-19(9-11-29)31(28-22(18)24(25,26)27)17-5-3-4-15(12-17)23(32)30(2)16-6-7-20-21(13-16)34-14-33-20/h3-7,12-13H,8-11,14H2,1-2H3. The summed E-state index contributed by atoms with van der Waals surface area (Å²) in [6, 6.07) is 11.7. The molecule has 7 nitrogen and oxygen atoms in total. The number of fused-ring (bicyclic) bond motifs is 2. The predicted octanol–water partition coefficient (Wildman–Crippen LogP) is 3.93. The van der Waals surface area contributed by atoms with Crippen molar-refractivity contribution >= 4 is 11.6 Å². The number of benzene rings is 2. The zero-order valence-electron chi connectivity index (χ0n) is 18.7. The Kier molecular flexibility index (Phi) is 5.47. The maximum atomic E-state index is 13.8. The molecule has 1 aromatic heterocycles. The molecule has 0 aliphatic carbocycles. The highest BCUT2D eigenvalue weighted by atomic mass is 19.4. The summed E-state index contributed by atoms with van der Waals surface area (Å²) in [4.78, 5) is 16.7. The number of hydrogen-bond acceptors (Lipinski definition) is 5. The molecule has 34 heavy (non-hydrogen) atoms. The van der Waals surface area contributed by atoms with Crippen molar-refractivity contribution in [2.75, 3.05) is 38.9 Å². The van der Waals surface area contributed by atoms with Crippen LogP contribution in [0.2, 0.25) is 0 Å². The largest absolute Gasteiger partial charge is 0.454 e. The molecule has 2 aliphatic heterocycles. The van der Waals surface area contributed by atoms with E-state index in [9.17, 15) is 18.0 Å². The number of halogens is 3. The van der Waals surface area contributed by atoms with E-state index >= 15 is 0 Å². The van der Waals surface area contributed by atoms with Crippen LogP contribution in [-0.4, -0.2) is 54.6 Å². The Labute approximate surface area is 194 Å². The molecule has 2 aliphatic rings. The molecule has 0 radical (unpaired) electrons. The van der Waals surface area contributed by atoms with E-state index in [1.54, 1.807) is 49.5 Å². The fraction of sp³-hybridized carbons (Fsp3) is 0.333. The predicted molar refractivity (Wildman–Crippen MR) is 119 cm³/mol. The van der Waals surface area contributed by atoms with E-state index in [1.807, 2.05) is 11.9 Å². The van der Waals surface area contributed by atoms with E-state index in [0.717, 1.165) is 0 Å². The third-order valence-corrected chi connectivity index (χ3v) is 6.22. The summed E-state index contributed by atoms with van der Waals surface area (Å²) < 4.78 is 53.3. The van der Waals surface area contributed by atoms with Gasteiger partial charge in [-0.2, -0.15) is 18.3 Å². The van der Waals surface area contributed by atoms with E-state index in [2.05, 4.69) is 5.10 Å². The first-order chi connectivity index (χ1) is 16.2. The minimum absolute atomic E-state index is 0.127. The molecule has 1 amide bonds. The molecular formula is C24H23F3N4O3. The van der Waals surface area contributed by atoms with Crippen molar-refractivity contribution in [3.8, 4) is 17.2 Å². The van der Waals surface area contributed by atoms with Gasteiger partial charge in [-0.15, -0.1) is 0 Å². The second kappa shape index (κ2) is 8.35. The summed E-state index contributed by atoms with van der Waals surface area (Å²) in [5, 5.41) is 3.96. The highest BCUT2D eigenvalue weighted by Crippen LogP contribution is 2.37. The molecule has 0 bridgehead atoms. The van der Waals surface area contributed by atoms with Crippen LogP contribution in [0, 0.1) is 0 Å². The molecule has 0 atom stereocenters. The smallest absolute Gasteiger partial charge is 0.435 e. The van der Waals surface area contributed by atoms with Crippen molar-refractivity contribution in [2.24, 2.45) is 0 Å². The summed E-state index contributed by atoms with van der Waals surface area (Å²) in [6.45, 7) is 1.28. The van der Waals surface area contributed by atoms with Crippen LogP contribution in [-0.2, 0) is 19.0 Å². The van der Waals surface area contributed by atoms with E-state index < -0.39 is 11.9 Å². The summed E-state index contributed by atoms with van der Waals surface area (Å²) in [5.74, 6) is 0.849. The first kappa shape index (κ1) is 22.3. The van der Waals surface area contributed by atoms with Gasteiger partial charge in [-0.1, -0.05) is 6.07 Å². The highest BCUT2D eigenvalue weighted by molar-refractivity contribution is 6.06. The lowest BCUT2D eigenvalue weighted by Crippen LogP contribution is -2.26. The monoisotopic (exact) mass is 472 g/mol. The van der Waals surface area contributed by atoms with Gasteiger partial charge < -0.3 is 19.3 Å². The number of amides is 1. The number of nitrogens with zero attached hydrogens (tertiary/aromatic N) is 4. The summed E-state index contributed by atoms with van der Waals surface area (Å²) in [7, 11) is 3.52. The quantitative estimate of drug-likeness (QED) is 0.578. The average molecular weight is 472 g/mol. The van der Waals surface area contributed by atoms with Crippen LogP contribution in [0.1, 0.15) is 27.3 Å². The minimum Gasteiger partial charge on any atom is -0.454 e. The number of carbonyl (C=O) groups excluding carboxylic acids is 1. The molecule has 3 aromatic rings. The zero-order chi connectivity index (χ0) is 24.0. The highest BCUT2D eigenvalue weighted by Gasteiger charge is 2.39. The molecule has 0 N–H and O–H groups in total. The number of rotatable bonds is 3. The number of ether oxygens (including phenoxy) is 2. The van der Waals surface area contributed by atoms with Crippen LogP contribution in [0.3, 0.4) is 0 Å². The molecule has 0 fully saturated rings. The van der Waals surface area contributed by atoms with E-state index in [4.69, 9.17) is 9.47 Å². The Balaban J connectivity index is 1.50. The van der Waals surface area contributed by atoms with Crippen molar-refractivity contribution < 1.29 is 27.4 Å². The average Bonchev–Trinajstić information content (AvgIpc) is 3.39. The Hall–Kier alpha value is -3.53. The van der Waals surface area contributed by atoms with Gasteiger partial charge in [0.25, 0.3) is 5.91 Å². The lowest BCUT2D eigenvalue weighted by molar-refractivity contribution is -0.142. The lowest BCUT2D eigenvalue weighted by Gasteiger charge is -2.18. The van der Waals surface area contributed by atoms with Gasteiger partial charge >= 0.3 is 6.18 Å². The van der Waals surface area contributed by atoms with Crippen LogP contribution < -0.4 is 14.4 Å². The molecule has 0 spiro atoms. The van der Waals surface area contributed by atoms with Crippen LogP contribution in [0.5, 0.6) is 11.5 Å². The van der Waals surface area contributed by atoms with Crippen molar-refractivity contribution in [2.45, 2.75) is 19.0 Å². The van der Waals surface area contributed by atoms with Gasteiger partial charge in [-0.05, 0) is 43.8 Å². The summed E-state index contributed by atoms with van der Waals surface area (Å²) in [6.07, 6.45) is -3.85. The second-order valence-electron chi connectivity index (χ2n) is 8.44. The molecular weight excluding hydrogens is 449 g/mol. The van der Waals surface area contributed by atoms with Crippen molar-refractivity contribution in [1.82, 2.24) is 14.7 Å². The maximum Gasteiger partial charge on any atom is 0.435 e. The molecule has 2 aromatic carbocycles. The number of likely N-dealkylation sites (N-methyl/N-ethyl adjacent to an activating group) is 1. The number of alkyl halides is 3. The number of carbonyl (C=O) groups is 1. The van der Waals surface area contributed by atoms with Crippen molar-refractivity contribution in [3.05, 3.63) is 65.0 Å². The molecule has 3 heterocycles. The molecule has 5 rings (SSSR count). The van der Waals surface area contributed by atoms with Crippen LogP contribution in [0.15, 0.2) is 42.5 Å². The van der Waals surface area contributed by atoms with Gasteiger partial charge in [0.15, 0.2) is 17.2 Å². The lowest BCUT2D eigenvalue weighted by atomic mass is 10.1.